The molecule has 5 nitrogen and oxygen atoms in total. The Labute approximate surface area is 89.9 Å². The van der Waals surface area contributed by atoms with Gasteiger partial charge in [0.15, 0.2) is 0 Å². The van der Waals surface area contributed by atoms with Crippen LogP contribution in [0, 0.1) is 0 Å². The highest BCUT2D eigenvalue weighted by molar-refractivity contribution is 6.33. The maximum Gasteiger partial charge on any atom is 0.337 e. The molecule has 0 bridgehead atoms. The van der Waals surface area contributed by atoms with Gasteiger partial charge in [0.25, 0.3) is 0 Å². The average molecular weight is 224 g/mol. The van der Waals surface area contributed by atoms with Gasteiger partial charge in [-0.25, -0.2) is 4.79 Å². The fourth-order valence-electron chi connectivity index (χ4n) is 1.27. The van der Waals surface area contributed by atoms with E-state index in [2.05, 4.69) is 10.2 Å². The van der Waals surface area contributed by atoms with Crippen LogP contribution < -0.4 is 0 Å². The normalized spacial score (nSPS) is 10.2. The quantitative estimate of drug-likeness (QED) is 0.840. The topological polar surface area (TPSA) is 68.0 Å². The monoisotopic (exact) mass is 223 g/mol. The number of nitrogens with zero attached hydrogens (tertiary/aromatic N) is 3. The molecule has 0 spiro atoms. The van der Waals surface area contributed by atoms with E-state index in [1.54, 1.807) is 12.1 Å². The van der Waals surface area contributed by atoms with Crippen molar-refractivity contribution in [1.29, 1.82) is 0 Å². The molecule has 0 radical (unpaired) electrons. The number of hydrogen-bond acceptors (Lipinski definition) is 3. The Morgan fingerprint density at radius 2 is 2.00 bits per heavy atom. The zero-order valence-electron chi connectivity index (χ0n) is 7.46. The molecule has 0 unspecified atom stereocenters. The first-order valence-electron chi connectivity index (χ1n) is 4.07. The van der Waals surface area contributed by atoms with Crippen molar-refractivity contribution in [1.82, 2.24) is 14.8 Å². The second-order valence-electron chi connectivity index (χ2n) is 2.81. The Balaban J connectivity index is 2.68. The Hall–Kier alpha value is -1.88. The minimum absolute atomic E-state index is 0.113. The lowest BCUT2D eigenvalue weighted by Crippen LogP contribution is -2.04. The Morgan fingerprint density at radius 3 is 2.60 bits per heavy atom. The van der Waals surface area contributed by atoms with E-state index in [1.807, 2.05) is 0 Å². The lowest BCUT2D eigenvalue weighted by Gasteiger charge is -2.07. The molecule has 0 saturated heterocycles. The van der Waals surface area contributed by atoms with Crippen LogP contribution in [-0.4, -0.2) is 25.8 Å². The zero-order chi connectivity index (χ0) is 10.8. The molecule has 15 heavy (non-hydrogen) atoms. The van der Waals surface area contributed by atoms with Crippen LogP contribution in [0.25, 0.3) is 5.69 Å². The molecule has 0 saturated carbocycles. The Kier molecular flexibility index (Phi) is 2.39. The minimum atomic E-state index is -1.04. The maximum absolute atomic E-state index is 11.0. The zero-order valence-corrected chi connectivity index (χ0v) is 8.22. The first kappa shape index (κ1) is 9.67. The number of aromatic nitrogens is 3. The van der Waals surface area contributed by atoms with Crippen LogP contribution in [0.4, 0.5) is 0 Å². The van der Waals surface area contributed by atoms with Crippen molar-refractivity contribution in [2.45, 2.75) is 0 Å². The predicted molar refractivity (Wildman–Crippen MR) is 53.3 cm³/mol. The number of benzene rings is 1. The van der Waals surface area contributed by atoms with Crippen molar-refractivity contribution >= 4 is 17.6 Å². The van der Waals surface area contributed by atoms with Gasteiger partial charge in [0.2, 0.25) is 0 Å². The first-order valence-corrected chi connectivity index (χ1v) is 4.45. The highest BCUT2D eigenvalue weighted by Crippen LogP contribution is 2.23. The van der Waals surface area contributed by atoms with Crippen molar-refractivity contribution in [3.05, 3.63) is 41.4 Å². The van der Waals surface area contributed by atoms with Crippen LogP contribution in [0.15, 0.2) is 30.9 Å². The van der Waals surface area contributed by atoms with Gasteiger partial charge in [0.1, 0.15) is 12.7 Å². The summed E-state index contributed by atoms with van der Waals surface area (Å²) in [5.41, 5.74) is 0.485. The van der Waals surface area contributed by atoms with Crippen molar-refractivity contribution < 1.29 is 9.90 Å². The van der Waals surface area contributed by atoms with Crippen molar-refractivity contribution in [3.8, 4) is 5.69 Å². The summed E-state index contributed by atoms with van der Waals surface area (Å²) in [5.74, 6) is -1.04. The van der Waals surface area contributed by atoms with Gasteiger partial charge in [-0.15, -0.1) is 10.2 Å². The molecule has 0 amide bonds. The number of rotatable bonds is 2. The van der Waals surface area contributed by atoms with Crippen LogP contribution in [0.2, 0.25) is 5.02 Å². The first-order chi connectivity index (χ1) is 7.20. The van der Waals surface area contributed by atoms with Gasteiger partial charge in [-0.05, 0) is 12.1 Å². The molecule has 0 aliphatic carbocycles. The molecular formula is C9H6ClN3O2. The molecule has 1 aromatic carbocycles. The minimum Gasteiger partial charge on any atom is -0.478 e. The van der Waals surface area contributed by atoms with Crippen LogP contribution in [0.5, 0.6) is 0 Å². The largest absolute Gasteiger partial charge is 0.478 e. The SMILES string of the molecule is O=C(O)c1cccc(Cl)c1-n1cnnc1. The van der Waals surface area contributed by atoms with Gasteiger partial charge in [0.05, 0.1) is 16.3 Å². The van der Waals surface area contributed by atoms with Gasteiger partial charge < -0.3 is 5.11 Å². The molecular weight excluding hydrogens is 218 g/mol. The molecule has 1 N–H and O–H groups in total. The Morgan fingerprint density at radius 1 is 1.33 bits per heavy atom. The second kappa shape index (κ2) is 3.70. The lowest BCUT2D eigenvalue weighted by atomic mass is 10.2. The van der Waals surface area contributed by atoms with E-state index in [0.717, 1.165) is 0 Å². The predicted octanol–water partition coefficient (Wildman–Crippen LogP) is 1.62. The summed E-state index contributed by atoms with van der Waals surface area (Å²) in [5, 5.41) is 16.5. The molecule has 0 aliphatic heterocycles. The summed E-state index contributed by atoms with van der Waals surface area (Å²) in [4.78, 5) is 11.0. The third-order valence-corrected chi connectivity index (χ3v) is 2.20. The van der Waals surface area contributed by atoms with Gasteiger partial charge in [-0.1, -0.05) is 17.7 Å². The number of halogens is 1. The third kappa shape index (κ3) is 1.69. The van der Waals surface area contributed by atoms with E-state index in [-0.39, 0.29) is 5.56 Å². The average Bonchev–Trinajstić information content (AvgIpc) is 2.70. The molecule has 6 heteroatoms. The number of carboxylic acid groups (broad SMARTS) is 1. The number of hydrogen-bond donors (Lipinski definition) is 1. The summed E-state index contributed by atoms with van der Waals surface area (Å²) < 4.78 is 1.46. The van der Waals surface area contributed by atoms with E-state index < -0.39 is 5.97 Å². The van der Waals surface area contributed by atoms with Gasteiger partial charge in [-0.3, -0.25) is 4.57 Å². The van der Waals surface area contributed by atoms with E-state index in [1.165, 1.54) is 23.3 Å². The van der Waals surface area contributed by atoms with E-state index in [4.69, 9.17) is 16.7 Å². The number of carboxylic acids is 1. The fraction of sp³-hybridized carbons (Fsp3) is 0. The van der Waals surface area contributed by atoms with Gasteiger partial charge in [-0.2, -0.15) is 0 Å². The van der Waals surface area contributed by atoms with Crippen LogP contribution in [-0.2, 0) is 0 Å². The van der Waals surface area contributed by atoms with E-state index >= 15 is 0 Å². The van der Waals surface area contributed by atoms with Crippen molar-refractivity contribution in [3.63, 3.8) is 0 Å². The fourth-order valence-corrected chi connectivity index (χ4v) is 1.54. The molecule has 0 aliphatic rings. The number of aromatic carboxylic acids is 1. The summed E-state index contributed by atoms with van der Waals surface area (Å²) >= 11 is 5.93. The summed E-state index contributed by atoms with van der Waals surface area (Å²) in [7, 11) is 0. The number of carbonyl (C=O) groups is 1. The smallest absolute Gasteiger partial charge is 0.337 e. The van der Waals surface area contributed by atoms with E-state index in [9.17, 15) is 4.79 Å². The lowest BCUT2D eigenvalue weighted by molar-refractivity contribution is 0.0697. The summed E-state index contributed by atoms with van der Waals surface area (Å²) in [6.07, 6.45) is 2.79. The van der Waals surface area contributed by atoms with Crippen molar-refractivity contribution in [2.75, 3.05) is 0 Å². The standard InChI is InChI=1S/C9H6ClN3O2/c10-7-3-1-2-6(9(14)15)8(7)13-4-11-12-5-13/h1-5H,(H,14,15). The third-order valence-electron chi connectivity index (χ3n) is 1.89. The molecule has 2 rings (SSSR count). The Bertz CT molecular complexity index is 496. The molecule has 76 valence electrons. The molecule has 0 atom stereocenters. The maximum atomic E-state index is 11.0. The van der Waals surface area contributed by atoms with Crippen LogP contribution in [0.1, 0.15) is 10.4 Å². The van der Waals surface area contributed by atoms with E-state index in [0.29, 0.717) is 10.7 Å². The molecule has 1 heterocycles. The van der Waals surface area contributed by atoms with Crippen LogP contribution in [0.3, 0.4) is 0 Å². The van der Waals surface area contributed by atoms with Gasteiger partial charge >= 0.3 is 5.97 Å². The summed E-state index contributed by atoms with van der Waals surface area (Å²) in [6, 6.07) is 4.67. The van der Waals surface area contributed by atoms with Gasteiger partial charge in [0, 0.05) is 0 Å². The molecule has 1 aromatic heterocycles. The molecule has 2 aromatic rings. The van der Waals surface area contributed by atoms with Crippen LogP contribution >= 0.6 is 11.6 Å². The molecule has 0 fully saturated rings. The second-order valence-corrected chi connectivity index (χ2v) is 3.22. The highest BCUT2D eigenvalue weighted by Gasteiger charge is 2.14. The highest BCUT2D eigenvalue weighted by atomic mass is 35.5. The van der Waals surface area contributed by atoms with Crippen molar-refractivity contribution in [2.24, 2.45) is 0 Å². The number of para-hydroxylation sites is 1. The summed E-state index contributed by atoms with van der Waals surface area (Å²) in [6.45, 7) is 0.